The number of aliphatic hydroxyl groups is 1. The van der Waals surface area contributed by atoms with Crippen LogP contribution in [0.3, 0.4) is 0 Å². The molecule has 3 unspecified atom stereocenters. The van der Waals surface area contributed by atoms with E-state index in [1.54, 1.807) is 0 Å². The van der Waals surface area contributed by atoms with Gasteiger partial charge in [-0.25, -0.2) is 4.57 Å². The molecule has 0 aromatic rings. The Balaban J connectivity index is 4.72. The van der Waals surface area contributed by atoms with E-state index in [1.165, 1.54) is 77.0 Å². The first-order valence-corrected chi connectivity index (χ1v) is 33.6. The van der Waals surface area contributed by atoms with Gasteiger partial charge in [0.15, 0.2) is 6.10 Å². The summed E-state index contributed by atoms with van der Waals surface area (Å²) in [4.78, 5) is 48.8. The van der Waals surface area contributed by atoms with Crippen molar-refractivity contribution in [3.8, 4) is 0 Å². The normalized spacial score (nSPS) is 13.9. The molecule has 0 saturated heterocycles. The van der Waals surface area contributed by atoms with E-state index in [0.29, 0.717) is 19.3 Å². The summed E-state index contributed by atoms with van der Waals surface area (Å²) in [6.45, 7) is 4.47. The molecule has 0 radical (unpaired) electrons. The Bertz CT molecular complexity index is 1710. The molecule has 0 aliphatic heterocycles. The molecule has 0 aliphatic rings. The van der Waals surface area contributed by atoms with Crippen LogP contribution in [0.5, 0.6) is 0 Å². The predicted octanol–water partition coefficient (Wildman–Crippen LogP) is 19.6. The highest BCUT2D eigenvalue weighted by molar-refractivity contribution is 7.47. The van der Waals surface area contributed by atoms with Crippen molar-refractivity contribution in [3.63, 3.8) is 0 Å². The van der Waals surface area contributed by atoms with Gasteiger partial charge in [-0.05, 0) is 122 Å². The molecule has 0 spiro atoms. The fourth-order valence-corrected chi connectivity index (χ4v) is 9.37. The van der Waals surface area contributed by atoms with Crippen molar-refractivity contribution >= 4 is 25.7 Å². The van der Waals surface area contributed by atoms with Crippen molar-refractivity contribution in [1.82, 2.24) is 0 Å². The lowest BCUT2D eigenvalue weighted by Crippen LogP contribution is -2.30. The summed E-state index contributed by atoms with van der Waals surface area (Å²) in [5.74, 6) is -1.50. The van der Waals surface area contributed by atoms with Gasteiger partial charge in [0.1, 0.15) is 12.7 Å². The Morgan fingerprint density at radius 1 is 0.362 bits per heavy atom. The maximum absolute atomic E-state index is 13.0. The topological polar surface area (TPSA) is 155 Å². The molecule has 460 valence electrons. The quantitative estimate of drug-likeness (QED) is 0.0197. The van der Waals surface area contributed by atoms with Crippen LogP contribution in [0.2, 0.25) is 0 Å². The number of phosphoric acid groups is 1. The highest BCUT2D eigenvalue weighted by Crippen LogP contribution is 2.43. The van der Waals surface area contributed by atoms with Gasteiger partial charge in [0.25, 0.3) is 0 Å². The van der Waals surface area contributed by atoms with E-state index in [9.17, 15) is 28.9 Å². The Hall–Kier alpha value is -3.60. The SMILES string of the molecule is CC/C=C\C/C=C\C/C=C\C/C=C\CCCCCCCCC(=O)OC(COC(=O)CCCCCCC/C=C\C/C=C\CCCCC)COP(=O)(O)OCC(CO)OC(=O)CCCCCCCCCCC/C=C\C/C=C\CCCCC. The van der Waals surface area contributed by atoms with E-state index in [-0.39, 0.29) is 25.9 Å². The van der Waals surface area contributed by atoms with E-state index in [4.69, 9.17) is 23.3 Å². The molecule has 0 rings (SSSR count). The van der Waals surface area contributed by atoms with Gasteiger partial charge < -0.3 is 24.2 Å². The number of unbranched alkanes of at least 4 members (excludes halogenated alkanes) is 26. The van der Waals surface area contributed by atoms with Crippen LogP contribution >= 0.6 is 7.82 Å². The summed E-state index contributed by atoms with van der Waals surface area (Å²) in [5, 5.41) is 9.86. The van der Waals surface area contributed by atoms with Gasteiger partial charge in [0.2, 0.25) is 0 Å². The molecular weight excluding hydrogens is 1020 g/mol. The van der Waals surface area contributed by atoms with Gasteiger partial charge in [-0.3, -0.25) is 23.4 Å². The van der Waals surface area contributed by atoms with Gasteiger partial charge >= 0.3 is 25.7 Å². The molecular formula is C68H117O11P. The Labute approximate surface area is 489 Å². The van der Waals surface area contributed by atoms with Gasteiger partial charge in [-0.2, -0.15) is 0 Å². The molecule has 0 bridgehead atoms. The van der Waals surface area contributed by atoms with Crippen LogP contribution in [0.4, 0.5) is 0 Å². The first kappa shape index (κ1) is 76.4. The number of phosphoric ester groups is 1. The van der Waals surface area contributed by atoms with Crippen molar-refractivity contribution in [3.05, 3.63) is 97.2 Å². The van der Waals surface area contributed by atoms with Crippen molar-refractivity contribution in [1.29, 1.82) is 0 Å². The molecule has 0 saturated carbocycles. The van der Waals surface area contributed by atoms with Gasteiger partial charge in [0, 0.05) is 19.3 Å². The largest absolute Gasteiger partial charge is 0.472 e. The number of rotatable bonds is 59. The molecule has 12 heteroatoms. The zero-order valence-electron chi connectivity index (χ0n) is 51.0. The summed E-state index contributed by atoms with van der Waals surface area (Å²) in [7, 11) is -4.77. The molecule has 11 nitrogen and oxygen atoms in total. The van der Waals surface area contributed by atoms with E-state index < -0.39 is 57.8 Å². The first-order valence-electron chi connectivity index (χ1n) is 32.1. The fraction of sp³-hybridized carbons (Fsp3) is 0.721. The summed E-state index contributed by atoms with van der Waals surface area (Å²) in [6.07, 6.45) is 73.5. The molecule has 0 aliphatic carbocycles. The number of aliphatic hydroxyl groups excluding tert-OH is 1. The Kier molecular flexibility index (Phi) is 58.7. The highest BCUT2D eigenvalue weighted by atomic mass is 31.2. The number of carbonyl (C=O) groups excluding carboxylic acids is 3. The van der Waals surface area contributed by atoms with Gasteiger partial charge in [-0.1, -0.05) is 234 Å². The standard InChI is InChI=1S/C68H117O11P/c1-4-7-10-13-16-19-22-25-28-30-32-34-37-40-43-46-49-52-55-58-67(71)78-64(60-69)62-76-80(73,74)77-63-65(61-75-66(70)57-54-51-48-45-42-39-36-27-24-21-18-15-12-9-6-3)79-68(72)59-56-53-50-47-44-41-38-35-33-31-29-26-23-20-17-14-11-8-5-2/h8,11,16-21,25-29,33,35-36,64-65,69H,4-7,9-10,12-15,22-24,30-32,34,37-63H2,1-3H3,(H,73,74)/b11-8-,19-16-,20-17-,21-18-,28-25-,29-26-,35-33-,36-27-. The zero-order chi connectivity index (χ0) is 58.3. The van der Waals surface area contributed by atoms with Crippen molar-refractivity contribution < 1.29 is 52.2 Å². The summed E-state index contributed by atoms with van der Waals surface area (Å²) < 4.78 is 39.7. The number of carbonyl (C=O) groups is 3. The molecule has 3 atom stereocenters. The maximum Gasteiger partial charge on any atom is 0.472 e. The van der Waals surface area contributed by atoms with E-state index in [0.717, 1.165) is 141 Å². The maximum atomic E-state index is 13.0. The summed E-state index contributed by atoms with van der Waals surface area (Å²) in [5.41, 5.74) is 0. The number of ether oxygens (including phenoxy) is 3. The minimum atomic E-state index is -4.77. The molecule has 0 amide bonds. The third-order valence-electron chi connectivity index (χ3n) is 13.5. The van der Waals surface area contributed by atoms with Crippen LogP contribution in [0.25, 0.3) is 0 Å². The lowest BCUT2D eigenvalue weighted by molar-refractivity contribution is -0.161. The third-order valence-corrected chi connectivity index (χ3v) is 14.4. The third kappa shape index (κ3) is 59.0. The lowest BCUT2D eigenvalue weighted by atomic mass is 10.1. The number of hydrogen-bond acceptors (Lipinski definition) is 10. The summed E-state index contributed by atoms with van der Waals surface area (Å²) >= 11 is 0. The van der Waals surface area contributed by atoms with Crippen LogP contribution in [-0.2, 0) is 42.2 Å². The van der Waals surface area contributed by atoms with Gasteiger partial charge in [-0.15, -0.1) is 0 Å². The lowest BCUT2D eigenvalue weighted by Gasteiger charge is -2.21. The first-order chi connectivity index (χ1) is 39.2. The van der Waals surface area contributed by atoms with E-state index in [2.05, 4.69) is 118 Å². The van der Waals surface area contributed by atoms with Crippen LogP contribution in [-0.4, -0.2) is 66.5 Å². The summed E-state index contributed by atoms with van der Waals surface area (Å²) in [6, 6.07) is 0. The predicted molar refractivity (Wildman–Crippen MR) is 334 cm³/mol. The molecule has 0 fully saturated rings. The average molecular weight is 1140 g/mol. The molecule has 80 heavy (non-hydrogen) atoms. The van der Waals surface area contributed by atoms with E-state index >= 15 is 0 Å². The molecule has 0 aromatic carbocycles. The number of hydrogen-bond donors (Lipinski definition) is 2. The van der Waals surface area contributed by atoms with Crippen LogP contribution in [0.15, 0.2) is 97.2 Å². The highest BCUT2D eigenvalue weighted by Gasteiger charge is 2.28. The smallest absolute Gasteiger partial charge is 0.462 e. The minimum absolute atomic E-state index is 0.145. The zero-order valence-corrected chi connectivity index (χ0v) is 51.9. The van der Waals surface area contributed by atoms with Crippen molar-refractivity contribution in [2.24, 2.45) is 0 Å². The molecule has 0 aromatic heterocycles. The number of allylic oxidation sites excluding steroid dienone is 16. The van der Waals surface area contributed by atoms with Crippen molar-refractivity contribution in [2.45, 2.75) is 290 Å². The second-order valence-electron chi connectivity index (χ2n) is 21.2. The second kappa shape index (κ2) is 61.5. The van der Waals surface area contributed by atoms with Crippen LogP contribution in [0.1, 0.15) is 278 Å². The van der Waals surface area contributed by atoms with Crippen LogP contribution in [0, 0.1) is 0 Å². The van der Waals surface area contributed by atoms with Crippen LogP contribution < -0.4 is 0 Å². The minimum Gasteiger partial charge on any atom is -0.462 e. The number of esters is 3. The van der Waals surface area contributed by atoms with Crippen molar-refractivity contribution in [2.75, 3.05) is 26.4 Å². The van der Waals surface area contributed by atoms with E-state index in [1.807, 2.05) is 0 Å². The Morgan fingerprint density at radius 2 is 0.650 bits per heavy atom. The Morgan fingerprint density at radius 3 is 1.00 bits per heavy atom. The fourth-order valence-electron chi connectivity index (χ4n) is 8.58. The average Bonchev–Trinajstić information content (AvgIpc) is 3.45. The molecule has 0 heterocycles. The second-order valence-corrected chi connectivity index (χ2v) is 22.6. The van der Waals surface area contributed by atoms with Gasteiger partial charge in [0.05, 0.1) is 19.8 Å². The monoisotopic (exact) mass is 1140 g/mol. The molecule has 2 N–H and O–H groups in total.